The molecule has 1 saturated heterocycles. The summed E-state index contributed by atoms with van der Waals surface area (Å²) in [5.41, 5.74) is 0. The predicted octanol–water partition coefficient (Wildman–Crippen LogP) is -0.249. The van der Waals surface area contributed by atoms with Gasteiger partial charge in [-0.3, -0.25) is 4.79 Å². The molecule has 17 heavy (non-hydrogen) atoms. The van der Waals surface area contributed by atoms with E-state index in [9.17, 15) is 9.59 Å². The average molecular weight is 240 g/mol. The van der Waals surface area contributed by atoms with Crippen molar-refractivity contribution in [3.8, 4) is 12.3 Å². The lowest BCUT2D eigenvalue weighted by Gasteiger charge is -2.22. The fraction of sp³-hybridized carbons (Fsp3) is 0.636. The van der Waals surface area contributed by atoms with E-state index in [-0.39, 0.29) is 25.8 Å². The number of hydrogen-bond donors (Lipinski definition) is 2. The van der Waals surface area contributed by atoms with Gasteiger partial charge in [-0.25, -0.2) is 4.79 Å². The standard InChI is InChI=1S/C11H16N2O4/c1-3-5-13(4-2)11(16)12-9-7-17-6-8(9)10(14)15/h1,8-9H,4-7H2,2H3,(H,12,16)(H,14,15). The molecule has 2 amide bonds. The molecule has 2 unspecified atom stereocenters. The summed E-state index contributed by atoms with van der Waals surface area (Å²) >= 11 is 0. The first-order chi connectivity index (χ1) is 8.10. The molecule has 0 aromatic carbocycles. The quantitative estimate of drug-likeness (QED) is 0.664. The SMILES string of the molecule is C#CCN(CC)C(=O)NC1COCC1C(=O)O. The van der Waals surface area contributed by atoms with Crippen LogP contribution in [0.15, 0.2) is 0 Å². The topological polar surface area (TPSA) is 78.9 Å². The van der Waals surface area contributed by atoms with E-state index in [0.717, 1.165) is 0 Å². The Balaban J connectivity index is 2.55. The highest BCUT2D eigenvalue weighted by Gasteiger charge is 2.35. The van der Waals surface area contributed by atoms with Gasteiger partial charge in [0.1, 0.15) is 5.92 Å². The van der Waals surface area contributed by atoms with Crippen LogP contribution in [-0.2, 0) is 9.53 Å². The Labute approximate surface area is 99.9 Å². The highest BCUT2D eigenvalue weighted by molar-refractivity contribution is 5.77. The third kappa shape index (κ3) is 3.36. The molecule has 1 fully saturated rings. The molecule has 1 rings (SSSR count). The highest BCUT2D eigenvalue weighted by atomic mass is 16.5. The summed E-state index contributed by atoms with van der Waals surface area (Å²) < 4.78 is 5.05. The molecular formula is C11H16N2O4. The lowest BCUT2D eigenvalue weighted by atomic mass is 10.0. The van der Waals surface area contributed by atoms with E-state index in [4.69, 9.17) is 16.3 Å². The molecule has 0 saturated carbocycles. The second kappa shape index (κ2) is 6.11. The van der Waals surface area contributed by atoms with Crippen LogP contribution in [0.1, 0.15) is 6.92 Å². The third-order valence-corrected chi connectivity index (χ3v) is 2.66. The average Bonchev–Trinajstić information content (AvgIpc) is 2.73. The number of carboxylic acids is 1. The van der Waals surface area contributed by atoms with E-state index < -0.39 is 17.9 Å². The zero-order valence-electron chi connectivity index (χ0n) is 9.68. The van der Waals surface area contributed by atoms with Gasteiger partial charge in [0.15, 0.2) is 0 Å². The van der Waals surface area contributed by atoms with Gasteiger partial charge in [-0.1, -0.05) is 5.92 Å². The van der Waals surface area contributed by atoms with Gasteiger partial charge in [0.05, 0.1) is 25.8 Å². The minimum absolute atomic E-state index is 0.127. The molecule has 1 aliphatic heterocycles. The lowest BCUT2D eigenvalue weighted by Crippen LogP contribution is -2.49. The fourth-order valence-electron chi connectivity index (χ4n) is 1.63. The molecule has 0 bridgehead atoms. The van der Waals surface area contributed by atoms with Crippen LogP contribution in [0.3, 0.4) is 0 Å². The highest BCUT2D eigenvalue weighted by Crippen LogP contribution is 2.14. The second-order valence-electron chi connectivity index (χ2n) is 3.76. The number of amides is 2. The number of rotatable bonds is 4. The van der Waals surface area contributed by atoms with Crippen LogP contribution in [0, 0.1) is 18.3 Å². The fourth-order valence-corrected chi connectivity index (χ4v) is 1.63. The molecular weight excluding hydrogens is 224 g/mol. The van der Waals surface area contributed by atoms with Crippen molar-refractivity contribution in [1.29, 1.82) is 0 Å². The zero-order chi connectivity index (χ0) is 12.8. The number of nitrogens with zero attached hydrogens (tertiary/aromatic N) is 1. The van der Waals surface area contributed by atoms with Crippen LogP contribution in [0.4, 0.5) is 4.79 Å². The van der Waals surface area contributed by atoms with Crippen LogP contribution in [0.25, 0.3) is 0 Å². The molecule has 0 aliphatic carbocycles. The Kier molecular flexibility index (Phi) is 4.79. The first kappa shape index (κ1) is 13.3. The Morgan fingerprint density at radius 1 is 1.59 bits per heavy atom. The van der Waals surface area contributed by atoms with Gasteiger partial charge in [0, 0.05) is 6.54 Å². The van der Waals surface area contributed by atoms with Crippen molar-refractivity contribution in [2.24, 2.45) is 5.92 Å². The summed E-state index contributed by atoms with van der Waals surface area (Å²) in [6.07, 6.45) is 5.14. The number of aliphatic carboxylic acids is 1. The third-order valence-electron chi connectivity index (χ3n) is 2.66. The van der Waals surface area contributed by atoms with Crippen molar-refractivity contribution in [3.63, 3.8) is 0 Å². The van der Waals surface area contributed by atoms with Gasteiger partial charge in [-0.05, 0) is 6.92 Å². The van der Waals surface area contributed by atoms with Crippen LogP contribution in [-0.4, -0.2) is 54.4 Å². The van der Waals surface area contributed by atoms with E-state index in [1.807, 2.05) is 0 Å². The summed E-state index contributed by atoms with van der Waals surface area (Å²) in [6, 6.07) is -0.848. The largest absolute Gasteiger partial charge is 0.481 e. The number of carboxylic acid groups (broad SMARTS) is 1. The molecule has 6 heteroatoms. The van der Waals surface area contributed by atoms with Gasteiger partial charge in [-0.2, -0.15) is 0 Å². The molecule has 94 valence electrons. The molecule has 2 atom stereocenters. The maximum absolute atomic E-state index is 11.8. The predicted molar refractivity (Wildman–Crippen MR) is 60.3 cm³/mol. The Bertz CT molecular complexity index is 337. The van der Waals surface area contributed by atoms with Gasteiger partial charge >= 0.3 is 12.0 Å². The summed E-state index contributed by atoms with van der Waals surface area (Å²) in [5.74, 6) is 0.720. The summed E-state index contributed by atoms with van der Waals surface area (Å²) in [5, 5.41) is 11.6. The van der Waals surface area contributed by atoms with Gasteiger partial charge in [0.25, 0.3) is 0 Å². The van der Waals surface area contributed by atoms with Crippen LogP contribution in [0.2, 0.25) is 0 Å². The van der Waals surface area contributed by atoms with E-state index in [2.05, 4.69) is 11.2 Å². The molecule has 0 aromatic heterocycles. The van der Waals surface area contributed by atoms with Crippen molar-refractivity contribution in [2.75, 3.05) is 26.3 Å². The van der Waals surface area contributed by atoms with E-state index >= 15 is 0 Å². The van der Waals surface area contributed by atoms with Crippen molar-refractivity contribution >= 4 is 12.0 Å². The molecule has 2 N–H and O–H groups in total. The van der Waals surface area contributed by atoms with Gasteiger partial charge in [-0.15, -0.1) is 6.42 Å². The summed E-state index contributed by atoms with van der Waals surface area (Å²) in [7, 11) is 0. The van der Waals surface area contributed by atoms with Crippen LogP contribution >= 0.6 is 0 Å². The Hall–Kier alpha value is -1.74. The van der Waals surface area contributed by atoms with E-state index in [1.54, 1.807) is 6.92 Å². The van der Waals surface area contributed by atoms with Crippen molar-refractivity contribution in [2.45, 2.75) is 13.0 Å². The summed E-state index contributed by atoms with van der Waals surface area (Å²) in [4.78, 5) is 24.1. The molecule has 6 nitrogen and oxygen atoms in total. The van der Waals surface area contributed by atoms with Crippen molar-refractivity contribution < 1.29 is 19.4 Å². The number of nitrogens with one attached hydrogen (secondary N) is 1. The normalized spacial score (nSPS) is 22.8. The Morgan fingerprint density at radius 3 is 2.82 bits per heavy atom. The molecule has 0 radical (unpaired) electrons. The number of carbonyl (C=O) groups is 2. The van der Waals surface area contributed by atoms with Gasteiger partial charge in [0.2, 0.25) is 0 Å². The molecule has 0 aromatic rings. The number of urea groups is 1. The molecule has 1 aliphatic rings. The van der Waals surface area contributed by atoms with Gasteiger partial charge < -0.3 is 20.1 Å². The second-order valence-corrected chi connectivity index (χ2v) is 3.76. The minimum atomic E-state index is -0.965. The first-order valence-electron chi connectivity index (χ1n) is 5.39. The Morgan fingerprint density at radius 2 is 2.29 bits per heavy atom. The van der Waals surface area contributed by atoms with E-state index in [0.29, 0.717) is 6.54 Å². The molecule has 1 heterocycles. The number of carbonyl (C=O) groups excluding carboxylic acids is 1. The van der Waals surface area contributed by atoms with Crippen LogP contribution in [0.5, 0.6) is 0 Å². The number of terminal acetylenes is 1. The molecule has 0 spiro atoms. The maximum Gasteiger partial charge on any atom is 0.318 e. The van der Waals surface area contributed by atoms with Crippen molar-refractivity contribution in [3.05, 3.63) is 0 Å². The maximum atomic E-state index is 11.8. The number of hydrogen-bond acceptors (Lipinski definition) is 3. The monoisotopic (exact) mass is 240 g/mol. The first-order valence-corrected chi connectivity index (χ1v) is 5.39. The smallest absolute Gasteiger partial charge is 0.318 e. The van der Waals surface area contributed by atoms with Crippen LogP contribution < -0.4 is 5.32 Å². The van der Waals surface area contributed by atoms with Crippen molar-refractivity contribution in [1.82, 2.24) is 10.2 Å². The number of ether oxygens (including phenoxy) is 1. The zero-order valence-corrected chi connectivity index (χ0v) is 9.68. The lowest BCUT2D eigenvalue weighted by molar-refractivity contribution is -0.142. The summed E-state index contributed by atoms with van der Waals surface area (Å²) in [6.45, 7) is 2.82. The minimum Gasteiger partial charge on any atom is -0.481 e. The van der Waals surface area contributed by atoms with E-state index in [1.165, 1.54) is 4.90 Å².